The molecule has 0 spiro atoms. The van der Waals surface area contributed by atoms with E-state index >= 15 is 0 Å². The minimum absolute atomic E-state index is 0.124. The number of carboxylic acid groups (broad SMARTS) is 1. The molecule has 0 heterocycles. The highest BCUT2D eigenvalue weighted by Gasteiger charge is 2.08. The van der Waals surface area contributed by atoms with Gasteiger partial charge in [0.05, 0.1) is 0 Å². The average Bonchev–Trinajstić information content (AvgIpc) is 2.13. The topological polar surface area (TPSA) is 119 Å². The lowest BCUT2D eigenvalue weighted by molar-refractivity contribution is -0.767. The van der Waals surface area contributed by atoms with Gasteiger partial charge in [-0.3, -0.25) is 9.59 Å². The standard InChI is InChI=1S/C8H14N2O6/c1-6(16-10(14)15)3-2-4-7(11)9-5-8(12)13/h6H,2-5H2,1H3,(H,9,11)(H,12,13). The summed E-state index contributed by atoms with van der Waals surface area (Å²) in [6, 6.07) is 0. The van der Waals surface area contributed by atoms with E-state index < -0.39 is 29.6 Å². The fourth-order valence-electron chi connectivity index (χ4n) is 1.01. The molecule has 0 rings (SSSR count). The summed E-state index contributed by atoms with van der Waals surface area (Å²) in [6.07, 6.45) is 0.322. The Bertz CT molecular complexity index is 267. The van der Waals surface area contributed by atoms with Crippen molar-refractivity contribution < 1.29 is 24.6 Å². The van der Waals surface area contributed by atoms with Gasteiger partial charge in [-0.25, -0.2) is 0 Å². The minimum Gasteiger partial charge on any atom is -0.480 e. The first kappa shape index (κ1) is 14.1. The molecule has 1 unspecified atom stereocenters. The molecule has 16 heavy (non-hydrogen) atoms. The van der Waals surface area contributed by atoms with Crippen LogP contribution in [0.4, 0.5) is 0 Å². The number of amides is 1. The molecule has 8 heteroatoms. The van der Waals surface area contributed by atoms with Crippen molar-refractivity contribution in [3.05, 3.63) is 10.1 Å². The molecule has 0 aromatic rings. The van der Waals surface area contributed by atoms with Crippen LogP contribution >= 0.6 is 0 Å². The first-order valence-electron chi connectivity index (χ1n) is 4.71. The van der Waals surface area contributed by atoms with E-state index in [0.29, 0.717) is 12.8 Å². The van der Waals surface area contributed by atoms with E-state index in [9.17, 15) is 19.7 Å². The van der Waals surface area contributed by atoms with Gasteiger partial charge in [-0.1, -0.05) is 0 Å². The SMILES string of the molecule is CC(CCCC(=O)NCC(=O)O)O[N+](=O)[O-]. The van der Waals surface area contributed by atoms with Crippen molar-refractivity contribution in [3.63, 3.8) is 0 Å². The number of carboxylic acids is 1. The maximum absolute atomic E-state index is 11.0. The first-order chi connectivity index (χ1) is 7.41. The van der Waals surface area contributed by atoms with Crippen molar-refractivity contribution in [3.8, 4) is 0 Å². The summed E-state index contributed by atoms with van der Waals surface area (Å²) in [6.45, 7) is 1.11. The molecule has 0 aliphatic carbocycles. The monoisotopic (exact) mass is 234 g/mol. The van der Waals surface area contributed by atoms with Crippen LogP contribution in [0.3, 0.4) is 0 Å². The highest BCUT2D eigenvalue weighted by Crippen LogP contribution is 2.04. The number of hydrogen-bond acceptors (Lipinski definition) is 5. The Balaban J connectivity index is 3.53. The number of carbonyl (C=O) groups is 2. The van der Waals surface area contributed by atoms with Crippen LogP contribution < -0.4 is 5.32 Å². The quantitative estimate of drug-likeness (QED) is 0.449. The molecule has 0 saturated heterocycles. The Morgan fingerprint density at radius 3 is 2.69 bits per heavy atom. The van der Waals surface area contributed by atoms with E-state index in [1.807, 2.05) is 0 Å². The number of carbonyl (C=O) groups excluding carboxylic acids is 1. The maximum atomic E-state index is 11.0. The van der Waals surface area contributed by atoms with Gasteiger partial charge in [0, 0.05) is 6.42 Å². The van der Waals surface area contributed by atoms with Crippen LogP contribution in [-0.2, 0) is 14.4 Å². The second kappa shape index (κ2) is 7.43. The Kier molecular flexibility index (Phi) is 6.57. The van der Waals surface area contributed by atoms with Gasteiger partial charge in [0.1, 0.15) is 12.6 Å². The molecule has 0 aromatic carbocycles. The molecule has 0 aliphatic heterocycles. The summed E-state index contributed by atoms with van der Waals surface area (Å²) in [5.74, 6) is -1.51. The second-order valence-corrected chi connectivity index (χ2v) is 3.20. The summed E-state index contributed by atoms with van der Waals surface area (Å²) in [7, 11) is 0. The molecule has 0 aromatic heterocycles. The molecular formula is C8H14N2O6. The highest BCUT2D eigenvalue weighted by molar-refractivity contribution is 5.80. The van der Waals surface area contributed by atoms with E-state index in [-0.39, 0.29) is 6.42 Å². The Hall–Kier alpha value is -1.86. The number of aliphatic carboxylic acids is 1. The summed E-state index contributed by atoms with van der Waals surface area (Å²) in [4.78, 5) is 35.2. The van der Waals surface area contributed by atoms with E-state index in [1.165, 1.54) is 6.92 Å². The molecule has 0 radical (unpaired) electrons. The fourth-order valence-corrected chi connectivity index (χ4v) is 1.01. The lowest BCUT2D eigenvalue weighted by atomic mass is 10.1. The Morgan fingerprint density at radius 1 is 1.56 bits per heavy atom. The summed E-state index contributed by atoms with van der Waals surface area (Å²) in [5.41, 5.74) is 0. The summed E-state index contributed by atoms with van der Waals surface area (Å²) >= 11 is 0. The van der Waals surface area contributed by atoms with Crippen LogP contribution in [0.15, 0.2) is 0 Å². The van der Waals surface area contributed by atoms with Gasteiger partial charge in [0.2, 0.25) is 5.91 Å². The van der Waals surface area contributed by atoms with Crippen LogP contribution in [0.1, 0.15) is 26.2 Å². The van der Waals surface area contributed by atoms with Crippen molar-refractivity contribution in [2.45, 2.75) is 32.3 Å². The molecule has 1 atom stereocenters. The lowest BCUT2D eigenvalue weighted by Gasteiger charge is -2.08. The normalized spacial score (nSPS) is 11.6. The number of hydrogen-bond donors (Lipinski definition) is 2. The van der Waals surface area contributed by atoms with Crippen LogP contribution in [0.2, 0.25) is 0 Å². The Labute approximate surface area is 91.7 Å². The van der Waals surface area contributed by atoms with Gasteiger partial charge >= 0.3 is 5.97 Å². The molecule has 2 N–H and O–H groups in total. The van der Waals surface area contributed by atoms with Crippen molar-refractivity contribution >= 4 is 11.9 Å². The zero-order valence-corrected chi connectivity index (χ0v) is 8.84. The molecule has 1 amide bonds. The third kappa shape index (κ3) is 8.73. The summed E-state index contributed by atoms with van der Waals surface area (Å²) in [5, 5.41) is 19.5. The van der Waals surface area contributed by atoms with Gasteiger partial charge in [-0.2, -0.15) is 0 Å². The van der Waals surface area contributed by atoms with E-state index in [2.05, 4.69) is 10.2 Å². The predicted octanol–water partition coefficient (Wildman–Crippen LogP) is -0.0457. The average molecular weight is 234 g/mol. The fraction of sp³-hybridized carbons (Fsp3) is 0.750. The van der Waals surface area contributed by atoms with Crippen LogP contribution in [0.25, 0.3) is 0 Å². The van der Waals surface area contributed by atoms with Crippen molar-refractivity contribution in [2.75, 3.05) is 6.54 Å². The Morgan fingerprint density at radius 2 is 2.19 bits per heavy atom. The van der Waals surface area contributed by atoms with E-state index in [0.717, 1.165) is 0 Å². The summed E-state index contributed by atoms with van der Waals surface area (Å²) < 4.78 is 0. The third-order valence-electron chi connectivity index (χ3n) is 1.72. The van der Waals surface area contributed by atoms with Crippen LogP contribution in [0.5, 0.6) is 0 Å². The minimum atomic E-state index is -1.11. The zero-order valence-electron chi connectivity index (χ0n) is 8.84. The largest absolute Gasteiger partial charge is 0.480 e. The number of nitrogens with zero attached hydrogens (tertiary/aromatic N) is 1. The lowest BCUT2D eigenvalue weighted by Crippen LogP contribution is -2.29. The first-order valence-corrected chi connectivity index (χ1v) is 4.71. The molecule has 92 valence electrons. The second-order valence-electron chi connectivity index (χ2n) is 3.20. The van der Waals surface area contributed by atoms with Crippen molar-refractivity contribution in [1.82, 2.24) is 5.32 Å². The molecule has 0 aliphatic rings. The van der Waals surface area contributed by atoms with Crippen molar-refractivity contribution in [1.29, 1.82) is 0 Å². The molecule has 0 fully saturated rings. The molecule has 0 saturated carbocycles. The third-order valence-corrected chi connectivity index (χ3v) is 1.72. The molecular weight excluding hydrogens is 220 g/mol. The zero-order chi connectivity index (χ0) is 12.6. The van der Waals surface area contributed by atoms with Gasteiger partial charge in [-0.15, -0.1) is 10.1 Å². The molecule has 8 nitrogen and oxygen atoms in total. The van der Waals surface area contributed by atoms with Crippen LogP contribution in [0, 0.1) is 10.1 Å². The van der Waals surface area contributed by atoms with Gasteiger partial charge < -0.3 is 15.3 Å². The van der Waals surface area contributed by atoms with Gasteiger partial charge in [-0.05, 0) is 19.8 Å². The van der Waals surface area contributed by atoms with Crippen LogP contribution in [-0.4, -0.2) is 34.7 Å². The van der Waals surface area contributed by atoms with Crippen molar-refractivity contribution in [2.24, 2.45) is 0 Å². The van der Waals surface area contributed by atoms with E-state index in [1.54, 1.807) is 0 Å². The predicted molar refractivity (Wildman–Crippen MR) is 52.0 cm³/mol. The van der Waals surface area contributed by atoms with E-state index in [4.69, 9.17) is 5.11 Å². The molecule has 0 bridgehead atoms. The number of nitrogens with one attached hydrogen (secondary N) is 1. The van der Waals surface area contributed by atoms with Gasteiger partial charge in [0.15, 0.2) is 0 Å². The van der Waals surface area contributed by atoms with Gasteiger partial charge in [0.25, 0.3) is 5.09 Å². The smallest absolute Gasteiger partial charge is 0.322 e. The number of rotatable bonds is 8. The maximum Gasteiger partial charge on any atom is 0.322 e. The highest BCUT2D eigenvalue weighted by atomic mass is 17.0.